The summed E-state index contributed by atoms with van der Waals surface area (Å²) in [6.45, 7) is 7.00. The molecule has 0 aliphatic carbocycles. The van der Waals surface area contributed by atoms with Gasteiger partial charge < -0.3 is 14.8 Å². The number of benzene rings is 1. The molecular formula is C13H17BN2O4. The number of carbonyl (C=O) groups excluding carboxylic acids is 1. The highest BCUT2D eigenvalue weighted by Crippen LogP contribution is 2.17. The van der Waals surface area contributed by atoms with Gasteiger partial charge in [-0.3, -0.25) is 0 Å². The molecule has 2 aromatic rings. The van der Waals surface area contributed by atoms with E-state index in [1.165, 1.54) is 4.57 Å². The van der Waals surface area contributed by atoms with Gasteiger partial charge in [-0.1, -0.05) is 12.1 Å². The van der Waals surface area contributed by atoms with E-state index in [1.54, 1.807) is 45.9 Å². The van der Waals surface area contributed by atoms with E-state index in [1.807, 2.05) is 0 Å². The first-order valence-corrected chi connectivity index (χ1v) is 6.28. The Kier molecular flexibility index (Phi) is 3.58. The highest BCUT2D eigenvalue weighted by molar-refractivity contribution is 6.61. The smallest absolute Gasteiger partial charge is 0.443 e. The number of para-hydroxylation sites is 1. The van der Waals surface area contributed by atoms with Gasteiger partial charge in [-0.05, 0) is 33.8 Å². The number of fused-ring (bicyclic) bond motifs is 1. The zero-order chi connectivity index (χ0) is 15.1. The molecule has 2 rings (SSSR count). The third-order valence-electron chi connectivity index (χ3n) is 2.74. The summed E-state index contributed by atoms with van der Waals surface area (Å²) in [4.78, 5) is 16.4. The molecule has 0 bridgehead atoms. The van der Waals surface area contributed by atoms with Crippen molar-refractivity contribution in [1.82, 2.24) is 9.55 Å². The fraction of sp³-hybridized carbons (Fsp3) is 0.385. The van der Waals surface area contributed by atoms with Gasteiger partial charge in [0.15, 0.2) is 0 Å². The number of ether oxygens (including phenoxy) is 1. The van der Waals surface area contributed by atoms with Crippen LogP contribution in [0.15, 0.2) is 18.2 Å². The van der Waals surface area contributed by atoms with Gasteiger partial charge in [0, 0.05) is 5.46 Å². The van der Waals surface area contributed by atoms with Crippen LogP contribution < -0.4 is 5.46 Å². The number of aryl methyl sites for hydroxylation is 1. The van der Waals surface area contributed by atoms with Crippen molar-refractivity contribution >= 4 is 29.7 Å². The Hall–Kier alpha value is -1.86. The standard InChI is InChI=1S/C13H17BN2O4/c1-8-15-11-9(14(18)19)6-5-7-10(11)16(8)12(17)20-13(2,3)4/h5-7,18-19H,1-4H3. The molecule has 0 saturated carbocycles. The second kappa shape index (κ2) is 4.92. The maximum Gasteiger partial charge on any atom is 0.490 e. The predicted molar refractivity (Wildman–Crippen MR) is 75.9 cm³/mol. The minimum absolute atomic E-state index is 0.257. The minimum atomic E-state index is -1.64. The number of nitrogens with zero attached hydrogens (tertiary/aromatic N) is 2. The number of hydrogen-bond acceptors (Lipinski definition) is 5. The quantitative estimate of drug-likeness (QED) is 0.753. The molecule has 0 aliphatic heterocycles. The monoisotopic (exact) mass is 276 g/mol. The van der Waals surface area contributed by atoms with Crippen LogP contribution in [0.1, 0.15) is 26.6 Å². The summed E-state index contributed by atoms with van der Waals surface area (Å²) in [5, 5.41) is 18.7. The molecule has 0 spiro atoms. The summed E-state index contributed by atoms with van der Waals surface area (Å²) < 4.78 is 6.66. The second-order valence-electron chi connectivity index (χ2n) is 5.56. The molecule has 0 aliphatic rings. The number of hydrogen-bond donors (Lipinski definition) is 2. The van der Waals surface area contributed by atoms with E-state index in [0.29, 0.717) is 16.9 Å². The molecule has 0 unspecified atom stereocenters. The first kappa shape index (κ1) is 14.6. The summed E-state index contributed by atoms with van der Waals surface area (Å²) in [5.41, 5.74) is 0.509. The zero-order valence-electron chi connectivity index (χ0n) is 11.9. The van der Waals surface area contributed by atoms with Gasteiger partial charge in [0.1, 0.15) is 11.4 Å². The van der Waals surface area contributed by atoms with Crippen LogP contribution in [0.2, 0.25) is 0 Å². The van der Waals surface area contributed by atoms with Gasteiger partial charge in [0.2, 0.25) is 0 Å². The van der Waals surface area contributed by atoms with Crippen molar-refractivity contribution in [2.45, 2.75) is 33.3 Å². The van der Waals surface area contributed by atoms with Crippen LogP contribution in [0.25, 0.3) is 11.0 Å². The Bertz CT molecular complexity index is 658. The summed E-state index contributed by atoms with van der Waals surface area (Å²) in [6, 6.07) is 4.88. The second-order valence-corrected chi connectivity index (χ2v) is 5.56. The first-order valence-electron chi connectivity index (χ1n) is 6.28. The predicted octanol–water partition coefficient (Wildman–Crippen LogP) is 0.808. The van der Waals surface area contributed by atoms with Crippen LogP contribution in [-0.2, 0) is 4.74 Å². The highest BCUT2D eigenvalue weighted by Gasteiger charge is 2.24. The van der Waals surface area contributed by atoms with Crippen LogP contribution in [0.5, 0.6) is 0 Å². The lowest BCUT2D eigenvalue weighted by Crippen LogP contribution is -2.31. The molecule has 0 fully saturated rings. The van der Waals surface area contributed by atoms with Gasteiger partial charge in [-0.2, -0.15) is 0 Å². The Morgan fingerprint density at radius 3 is 2.55 bits per heavy atom. The third-order valence-corrected chi connectivity index (χ3v) is 2.74. The van der Waals surface area contributed by atoms with E-state index in [2.05, 4.69) is 4.98 Å². The molecule has 2 N–H and O–H groups in total. The van der Waals surface area contributed by atoms with Gasteiger partial charge >= 0.3 is 13.2 Å². The van der Waals surface area contributed by atoms with E-state index >= 15 is 0 Å². The molecule has 0 atom stereocenters. The lowest BCUT2D eigenvalue weighted by molar-refractivity contribution is 0.0540. The molecule has 20 heavy (non-hydrogen) atoms. The fourth-order valence-electron chi connectivity index (χ4n) is 1.98. The van der Waals surface area contributed by atoms with Gasteiger partial charge in [-0.25, -0.2) is 14.3 Å². The molecular weight excluding hydrogens is 259 g/mol. The molecule has 0 saturated heterocycles. The molecule has 0 radical (unpaired) electrons. The van der Waals surface area contributed by atoms with Crippen LogP contribution in [0.3, 0.4) is 0 Å². The Morgan fingerprint density at radius 2 is 2.00 bits per heavy atom. The van der Waals surface area contributed by atoms with Crippen molar-refractivity contribution in [2.24, 2.45) is 0 Å². The Morgan fingerprint density at radius 1 is 1.35 bits per heavy atom. The molecule has 6 nitrogen and oxygen atoms in total. The van der Waals surface area contributed by atoms with Crippen molar-refractivity contribution < 1.29 is 19.6 Å². The van der Waals surface area contributed by atoms with E-state index in [0.717, 1.165) is 0 Å². The molecule has 7 heteroatoms. The van der Waals surface area contributed by atoms with E-state index in [4.69, 9.17) is 4.74 Å². The van der Waals surface area contributed by atoms with Gasteiger partial charge in [0.25, 0.3) is 0 Å². The average Bonchev–Trinajstić information content (AvgIpc) is 2.61. The fourth-order valence-corrected chi connectivity index (χ4v) is 1.98. The van der Waals surface area contributed by atoms with E-state index in [9.17, 15) is 14.8 Å². The topological polar surface area (TPSA) is 84.6 Å². The molecule has 106 valence electrons. The number of carbonyl (C=O) groups is 1. The lowest BCUT2D eigenvalue weighted by atomic mass is 9.79. The van der Waals surface area contributed by atoms with E-state index in [-0.39, 0.29) is 5.46 Å². The van der Waals surface area contributed by atoms with E-state index < -0.39 is 18.8 Å². The summed E-state index contributed by atoms with van der Waals surface area (Å²) in [7, 11) is -1.64. The summed E-state index contributed by atoms with van der Waals surface area (Å²) >= 11 is 0. The minimum Gasteiger partial charge on any atom is -0.443 e. The third kappa shape index (κ3) is 2.68. The number of rotatable bonds is 1. The molecule has 0 amide bonds. The van der Waals surface area contributed by atoms with Crippen molar-refractivity contribution in [3.8, 4) is 0 Å². The van der Waals surface area contributed by atoms with Crippen LogP contribution in [-0.4, -0.2) is 38.4 Å². The SMILES string of the molecule is Cc1nc2c(B(O)O)cccc2n1C(=O)OC(C)(C)C. The number of imidazole rings is 1. The Labute approximate surface area is 117 Å². The zero-order valence-corrected chi connectivity index (χ0v) is 11.9. The molecule has 1 aromatic carbocycles. The maximum absolute atomic E-state index is 12.2. The van der Waals surface area contributed by atoms with Gasteiger partial charge in [0.05, 0.1) is 11.0 Å². The molecule has 1 aromatic heterocycles. The summed E-state index contributed by atoms with van der Waals surface area (Å²) in [5.74, 6) is 0.433. The number of aromatic nitrogens is 2. The van der Waals surface area contributed by atoms with Crippen molar-refractivity contribution in [1.29, 1.82) is 0 Å². The van der Waals surface area contributed by atoms with Gasteiger partial charge in [-0.15, -0.1) is 0 Å². The molecule has 1 heterocycles. The first-order chi connectivity index (χ1) is 9.20. The van der Waals surface area contributed by atoms with Crippen molar-refractivity contribution in [3.63, 3.8) is 0 Å². The Balaban J connectivity index is 2.58. The van der Waals surface area contributed by atoms with Crippen LogP contribution >= 0.6 is 0 Å². The highest BCUT2D eigenvalue weighted by atomic mass is 16.6. The normalized spacial score (nSPS) is 11.7. The summed E-state index contributed by atoms with van der Waals surface area (Å²) in [6.07, 6.45) is -0.540. The maximum atomic E-state index is 12.2. The van der Waals surface area contributed by atoms with Crippen LogP contribution in [0, 0.1) is 6.92 Å². The van der Waals surface area contributed by atoms with Crippen molar-refractivity contribution in [2.75, 3.05) is 0 Å². The van der Waals surface area contributed by atoms with Crippen LogP contribution in [0.4, 0.5) is 4.79 Å². The lowest BCUT2D eigenvalue weighted by Gasteiger charge is -2.20. The largest absolute Gasteiger partial charge is 0.490 e. The average molecular weight is 276 g/mol. The van der Waals surface area contributed by atoms with Crippen molar-refractivity contribution in [3.05, 3.63) is 24.0 Å².